The fourth-order valence-corrected chi connectivity index (χ4v) is 4.60. The Balaban J connectivity index is 1.69. The van der Waals surface area contributed by atoms with Gasteiger partial charge >= 0.3 is 5.97 Å². The number of likely N-dealkylation sites (tertiary alicyclic amines) is 1. The van der Waals surface area contributed by atoms with Gasteiger partial charge in [0, 0.05) is 23.4 Å². The smallest absolute Gasteiger partial charge is 0.326 e. The Morgan fingerprint density at radius 3 is 2.17 bits per heavy atom. The molecule has 3 amide bonds. The van der Waals surface area contributed by atoms with Crippen LogP contribution in [0, 0.1) is 0 Å². The maximum atomic E-state index is 13.1. The van der Waals surface area contributed by atoms with Gasteiger partial charge in [0.25, 0.3) is 5.91 Å². The number of thioether (sulfide) groups is 1. The van der Waals surface area contributed by atoms with Crippen LogP contribution in [0.3, 0.4) is 0 Å². The topological polar surface area (TPSA) is 133 Å². The van der Waals surface area contributed by atoms with Gasteiger partial charge in [0.1, 0.15) is 18.1 Å². The Hall–Kier alpha value is -3.66. The van der Waals surface area contributed by atoms with E-state index in [1.165, 1.54) is 11.8 Å². The molecule has 184 valence electrons. The van der Waals surface area contributed by atoms with Gasteiger partial charge in [-0.3, -0.25) is 19.2 Å². The first-order valence-electron chi connectivity index (χ1n) is 11.2. The summed E-state index contributed by atoms with van der Waals surface area (Å²) < 4.78 is 0. The molecule has 2 aromatic rings. The van der Waals surface area contributed by atoms with E-state index >= 15 is 0 Å². The molecule has 3 N–H and O–H groups in total. The number of carboxylic acids is 1. The fourth-order valence-electron chi connectivity index (χ4n) is 3.74. The van der Waals surface area contributed by atoms with Crippen LogP contribution in [0.5, 0.6) is 0 Å². The summed E-state index contributed by atoms with van der Waals surface area (Å²) in [5, 5.41) is 14.3. The highest BCUT2D eigenvalue weighted by Gasteiger charge is 2.37. The molecule has 0 saturated carbocycles. The summed E-state index contributed by atoms with van der Waals surface area (Å²) in [5.41, 5.74) is 0.804. The van der Waals surface area contributed by atoms with Crippen LogP contribution in [0.4, 0.5) is 0 Å². The third-order valence-corrected chi connectivity index (χ3v) is 6.60. The maximum Gasteiger partial charge on any atom is 0.326 e. The van der Waals surface area contributed by atoms with Gasteiger partial charge in [-0.15, -0.1) is 0 Å². The number of hydrogen-bond acceptors (Lipinski definition) is 6. The number of hydrogen-bond donors (Lipinski definition) is 3. The van der Waals surface area contributed by atoms with Crippen molar-refractivity contribution in [2.45, 2.75) is 37.9 Å². The van der Waals surface area contributed by atoms with Crippen LogP contribution in [-0.4, -0.2) is 69.2 Å². The monoisotopic (exact) mass is 497 g/mol. The van der Waals surface area contributed by atoms with Gasteiger partial charge in [0.15, 0.2) is 0 Å². The summed E-state index contributed by atoms with van der Waals surface area (Å²) in [6.07, 6.45) is 0.924. The van der Waals surface area contributed by atoms with Gasteiger partial charge < -0.3 is 20.6 Å². The van der Waals surface area contributed by atoms with Gasteiger partial charge in [-0.1, -0.05) is 60.3 Å². The molecule has 3 rings (SSSR count). The second-order valence-corrected chi connectivity index (χ2v) is 9.11. The van der Waals surface area contributed by atoms with Gasteiger partial charge in [-0.25, -0.2) is 4.79 Å². The van der Waals surface area contributed by atoms with Crippen LogP contribution < -0.4 is 10.6 Å². The number of amides is 3. The second-order valence-electron chi connectivity index (χ2n) is 8.11. The molecular formula is C25H27N3O6S. The molecule has 1 saturated heterocycles. The van der Waals surface area contributed by atoms with E-state index < -0.39 is 41.8 Å². The third-order valence-electron chi connectivity index (χ3n) is 5.60. The van der Waals surface area contributed by atoms with Crippen LogP contribution in [0.25, 0.3) is 0 Å². The zero-order valence-electron chi connectivity index (χ0n) is 19.2. The van der Waals surface area contributed by atoms with Crippen molar-refractivity contribution in [2.24, 2.45) is 0 Å². The summed E-state index contributed by atoms with van der Waals surface area (Å²) in [7, 11) is 0. The minimum absolute atomic E-state index is 0.0550. The van der Waals surface area contributed by atoms with Crippen molar-refractivity contribution in [1.82, 2.24) is 15.5 Å². The quantitative estimate of drug-likeness (QED) is 0.482. The number of aliphatic carboxylic acids is 1. The molecule has 9 nitrogen and oxygen atoms in total. The summed E-state index contributed by atoms with van der Waals surface area (Å²) in [6, 6.07) is 13.8. The molecule has 0 aliphatic carbocycles. The van der Waals surface area contributed by atoms with Crippen LogP contribution in [0.1, 0.15) is 40.5 Å². The predicted octanol–water partition coefficient (Wildman–Crippen LogP) is 1.94. The molecule has 35 heavy (non-hydrogen) atoms. The normalized spacial score (nSPS) is 16.7. The minimum Gasteiger partial charge on any atom is -0.480 e. The van der Waals surface area contributed by atoms with Crippen molar-refractivity contribution in [3.8, 4) is 0 Å². The van der Waals surface area contributed by atoms with Gasteiger partial charge in [0.2, 0.25) is 16.9 Å². The standard InChI is InChI=1S/C25H27N3O6S/c1-16(23(31)28-14-8-13-20(28)24(32)33)26-22(30)19(27-21(29)17-9-4-2-5-10-17)15-35-25(34)18-11-6-3-7-12-18/h2-7,9-12,16,19-20H,8,13-15H2,1H3,(H,26,30)(H,27,29)(H,32,33)/t16-,19-,20-/m0/s1. The molecule has 0 unspecified atom stereocenters. The van der Waals surface area contributed by atoms with Crippen molar-refractivity contribution in [2.75, 3.05) is 12.3 Å². The van der Waals surface area contributed by atoms with E-state index in [1.54, 1.807) is 60.7 Å². The van der Waals surface area contributed by atoms with E-state index in [0.29, 0.717) is 30.5 Å². The molecule has 10 heteroatoms. The average Bonchev–Trinajstić information content (AvgIpc) is 3.37. The zero-order valence-corrected chi connectivity index (χ0v) is 20.0. The first-order valence-corrected chi connectivity index (χ1v) is 12.2. The van der Waals surface area contributed by atoms with Crippen molar-refractivity contribution in [3.63, 3.8) is 0 Å². The lowest BCUT2D eigenvalue weighted by Gasteiger charge is -2.26. The maximum absolute atomic E-state index is 13.1. The summed E-state index contributed by atoms with van der Waals surface area (Å²) in [6.45, 7) is 1.77. The van der Waals surface area contributed by atoms with Crippen molar-refractivity contribution < 1.29 is 29.1 Å². The highest BCUT2D eigenvalue weighted by atomic mass is 32.2. The Labute approximate surface area is 207 Å². The highest BCUT2D eigenvalue weighted by molar-refractivity contribution is 8.14. The van der Waals surface area contributed by atoms with E-state index in [9.17, 15) is 29.1 Å². The van der Waals surface area contributed by atoms with Crippen LogP contribution in [0.2, 0.25) is 0 Å². The SMILES string of the molecule is C[C@H](NC(=O)[C@H](CSC(=O)c1ccccc1)NC(=O)c1ccccc1)C(=O)N1CCC[C@H]1C(=O)O. The lowest BCUT2D eigenvalue weighted by molar-refractivity contribution is -0.149. The fraction of sp³-hybridized carbons (Fsp3) is 0.320. The zero-order chi connectivity index (χ0) is 25.4. The second kappa shape index (κ2) is 12.2. The number of carbonyl (C=O) groups excluding carboxylic acids is 4. The van der Waals surface area contributed by atoms with Crippen molar-refractivity contribution in [1.29, 1.82) is 0 Å². The Kier molecular flexibility index (Phi) is 9.02. The molecule has 0 radical (unpaired) electrons. The van der Waals surface area contributed by atoms with E-state index in [-0.39, 0.29) is 10.9 Å². The molecule has 0 spiro atoms. The molecular weight excluding hydrogens is 470 g/mol. The molecule has 3 atom stereocenters. The molecule has 0 aromatic heterocycles. The average molecular weight is 498 g/mol. The largest absolute Gasteiger partial charge is 0.480 e. The van der Waals surface area contributed by atoms with Gasteiger partial charge in [-0.2, -0.15) is 0 Å². The number of nitrogens with one attached hydrogen (secondary N) is 2. The number of carboxylic acid groups (broad SMARTS) is 1. The summed E-state index contributed by atoms with van der Waals surface area (Å²) in [4.78, 5) is 63.8. The van der Waals surface area contributed by atoms with E-state index in [1.807, 2.05) is 0 Å². The van der Waals surface area contributed by atoms with Crippen LogP contribution in [0.15, 0.2) is 60.7 Å². The number of benzene rings is 2. The highest BCUT2D eigenvalue weighted by Crippen LogP contribution is 2.19. The van der Waals surface area contributed by atoms with E-state index in [0.717, 1.165) is 11.8 Å². The van der Waals surface area contributed by atoms with E-state index in [4.69, 9.17) is 0 Å². The number of rotatable bonds is 9. The van der Waals surface area contributed by atoms with Crippen molar-refractivity contribution in [3.05, 3.63) is 71.8 Å². The lowest BCUT2D eigenvalue weighted by Crippen LogP contribution is -2.55. The molecule has 2 aromatic carbocycles. The van der Waals surface area contributed by atoms with Crippen LogP contribution in [-0.2, 0) is 14.4 Å². The summed E-state index contributed by atoms with van der Waals surface area (Å²) >= 11 is 0.881. The molecule has 1 heterocycles. The lowest BCUT2D eigenvalue weighted by atomic mass is 10.2. The third kappa shape index (κ3) is 6.92. The molecule has 0 bridgehead atoms. The molecule has 1 aliphatic heterocycles. The van der Waals surface area contributed by atoms with Gasteiger partial charge in [0.05, 0.1) is 0 Å². The Morgan fingerprint density at radius 1 is 0.971 bits per heavy atom. The van der Waals surface area contributed by atoms with E-state index in [2.05, 4.69) is 10.6 Å². The predicted molar refractivity (Wildman–Crippen MR) is 131 cm³/mol. The first kappa shape index (κ1) is 26.0. The summed E-state index contributed by atoms with van der Waals surface area (Å²) in [5.74, 6) is -2.79. The molecule has 1 fully saturated rings. The van der Waals surface area contributed by atoms with Crippen LogP contribution >= 0.6 is 11.8 Å². The minimum atomic E-state index is -1.11. The van der Waals surface area contributed by atoms with Crippen molar-refractivity contribution >= 4 is 40.6 Å². The number of carbonyl (C=O) groups is 5. The van der Waals surface area contributed by atoms with Gasteiger partial charge in [-0.05, 0) is 31.9 Å². The Morgan fingerprint density at radius 2 is 1.57 bits per heavy atom. The number of nitrogens with zero attached hydrogens (tertiary/aromatic N) is 1. The molecule has 1 aliphatic rings. The first-order chi connectivity index (χ1) is 16.8. The Bertz CT molecular complexity index is 1080.